The highest BCUT2D eigenvalue weighted by atomic mass is 32.2. The van der Waals surface area contributed by atoms with Gasteiger partial charge in [0.15, 0.2) is 0 Å². The number of methoxy groups -OCH3 is 1. The van der Waals surface area contributed by atoms with E-state index in [2.05, 4.69) is 4.74 Å². The molecule has 5 heteroatoms. The van der Waals surface area contributed by atoms with Gasteiger partial charge in [0, 0.05) is 5.75 Å². The molecule has 0 bridgehead atoms. The van der Waals surface area contributed by atoms with Crippen molar-refractivity contribution in [2.45, 2.75) is 50.2 Å². The van der Waals surface area contributed by atoms with Gasteiger partial charge >= 0.3 is 5.97 Å². The summed E-state index contributed by atoms with van der Waals surface area (Å²) in [5.74, 6) is 1.18. The van der Waals surface area contributed by atoms with Crippen LogP contribution in [0.25, 0.3) is 0 Å². The highest BCUT2D eigenvalue weighted by molar-refractivity contribution is 7.99. The fourth-order valence-electron chi connectivity index (χ4n) is 2.10. The Morgan fingerprint density at radius 3 is 2.71 bits per heavy atom. The molecule has 0 saturated heterocycles. The molecular weight excluding hydrogens is 238 g/mol. The summed E-state index contributed by atoms with van der Waals surface area (Å²) in [6.45, 7) is 0. The van der Waals surface area contributed by atoms with Crippen LogP contribution in [0, 0.1) is 0 Å². The molecule has 0 spiro atoms. The van der Waals surface area contributed by atoms with Crippen LogP contribution in [0.4, 0.5) is 0 Å². The Bertz CT molecular complexity index is 242. The maximum absolute atomic E-state index is 11.1. The molecule has 1 atom stereocenters. The van der Waals surface area contributed by atoms with Crippen LogP contribution in [0.3, 0.4) is 0 Å². The van der Waals surface area contributed by atoms with Gasteiger partial charge in [-0.05, 0) is 25.0 Å². The van der Waals surface area contributed by atoms with E-state index in [1.165, 1.54) is 13.5 Å². The zero-order chi connectivity index (χ0) is 12.7. The number of carbonyl (C=O) groups is 1. The van der Waals surface area contributed by atoms with Crippen molar-refractivity contribution in [3.63, 3.8) is 0 Å². The van der Waals surface area contributed by atoms with Crippen molar-refractivity contribution in [1.82, 2.24) is 0 Å². The Labute approximate surface area is 107 Å². The number of thioether (sulfide) groups is 1. The second-order valence-corrected chi connectivity index (χ2v) is 5.86. The summed E-state index contributed by atoms with van der Waals surface area (Å²) in [5, 5.41) is 10.2. The third-order valence-electron chi connectivity index (χ3n) is 3.23. The second-order valence-electron chi connectivity index (χ2n) is 4.76. The van der Waals surface area contributed by atoms with Crippen LogP contribution in [0.2, 0.25) is 0 Å². The van der Waals surface area contributed by atoms with Crippen molar-refractivity contribution in [3.8, 4) is 0 Å². The van der Waals surface area contributed by atoms with Crippen molar-refractivity contribution in [1.29, 1.82) is 0 Å². The Hall–Kier alpha value is -0.260. The van der Waals surface area contributed by atoms with Gasteiger partial charge in [-0.1, -0.05) is 19.3 Å². The number of hydrogen-bond donors (Lipinski definition) is 2. The molecule has 1 fully saturated rings. The van der Waals surface area contributed by atoms with Crippen LogP contribution >= 0.6 is 11.8 Å². The van der Waals surface area contributed by atoms with Crippen molar-refractivity contribution in [2.75, 3.05) is 18.6 Å². The third-order valence-corrected chi connectivity index (χ3v) is 4.50. The largest absolute Gasteiger partial charge is 0.468 e. The first-order valence-electron chi connectivity index (χ1n) is 6.21. The van der Waals surface area contributed by atoms with Crippen molar-refractivity contribution in [2.24, 2.45) is 5.73 Å². The zero-order valence-corrected chi connectivity index (χ0v) is 11.3. The predicted octanol–water partition coefficient (Wildman–Crippen LogP) is 1.31. The molecule has 0 amide bonds. The summed E-state index contributed by atoms with van der Waals surface area (Å²) in [7, 11) is 1.35. The van der Waals surface area contributed by atoms with Gasteiger partial charge in [0.2, 0.25) is 0 Å². The maximum atomic E-state index is 11.1. The first kappa shape index (κ1) is 14.8. The minimum Gasteiger partial charge on any atom is -0.468 e. The lowest BCUT2D eigenvalue weighted by molar-refractivity contribution is -0.142. The van der Waals surface area contributed by atoms with Gasteiger partial charge in [0.1, 0.15) is 6.04 Å². The number of ether oxygens (including phenoxy) is 1. The highest BCUT2D eigenvalue weighted by Gasteiger charge is 2.28. The molecule has 0 aliphatic heterocycles. The van der Waals surface area contributed by atoms with Gasteiger partial charge in [-0.3, -0.25) is 4.79 Å². The van der Waals surface area contributed by atoms with E-state index in [9.17, 15) is 9.90 Å². The van der Waals surface area contributed by atoms with Crippen LogP contribution in [-0.2, 0) is 9.53 Å². The van der Waals surface area contributed by atoms with Gasteiger partial charge in [-0.25, -0.2) is 0 Å². The Morgan fingerprint density at radius 1 is 1.47 bits per heavy atom. The van der Waals surface area contributed by atoms with E-state index in [4.69, 9.17) is 5.73 Å². The number of carbonyl (C=O) groups excluding carboxylic acids is 1. The van der Waals surface area contributed by atoms with E-state index in [-0.39, 0.29) is 5.97 Å². The van der Waals surface area contributed by atoms with Crippen LogP contribution < -0.4 is 5.73 Å². The number of nitrogens with two attached hydrogens (primary N) is 1. The summed E-state index contributed by atoms with van der Waals surface area (Å²) in [4.78, 5) is 11.1. The molecule has 0 aromatic heterocycles. The second kappa shape index (κ2) is 7.24. The molecule has 3 N–H and O–H groups in total. The molecular formula is C12H23NO3S. The predicted molar refractivity (Wildman–Crippen MR) is 70.0 cm³/mol. The van der Waals surface area contributed by atoms with Crippen LogP contribution in [-0.4, -0.2) is 41.3 Å². The number of rotatable bonds is 6. The normalized spacial score (nSPS) is 20.9. The monoisotopic (exact) mass is 261 g/mol. The lowest BCUT2D eigenvalue weighted by Crippen LogP contribution is -2.35. The molecule has 0 heterocycles. The van der Waals surface area contributed by atoms with E-state index in [1.54, 1.807) is 11.8 Å². The molecule has 0 aromatic rings. The van der Waals surface area contributed by atoms with Crippen LogP contribution in [0.5, 0.6) is 0 Å². The fourth-order valence-corrected chi connectivity index (χ4v) is 3.33. The van der Waals surface area contributed by atoms with Gasteiger partial charge in [-0.2, -0.15) is 11.8 Å². The molecule has 1 saturated carbocycles. The molecule has 1 rings (SSSR count). The van der Waals surface area contributed by atoms with E-state index in [0.717, 1.165) is 37.2 Å². The Morgan fingerprint density at radius 2 is 2.12 bits per heavy atom. The summed E-state index contributed by atoms with van der Waals surface area (Å²) < 4.78 is 4.56. The summed E-state index contributed by atoms with van der Waals surface area (Å²) in [5.41, 5.74) is 5.14. The molecule has 0 radical (unpaired) electrons. The van der Waals surface area contributed by atoms with Crippen molar-refractivity contribution in [3.05, 3.63) is 0 Å². The van der Waals surface area contributed by atoms with E-state index < -0.39 is 11.6 Å². The smallest absolute Gasteiger partial charge is 0.322 e. The zero-order valence-electron chi connectivity index (χ0n) is 10.5. The summed E-state index contributed by atoms with van der Waals surface area (Å²) in [6, 6.07) is -0.534. The lowest BCUT2D eigenvalue weighted by atomic mass is 9.86. The molecule has 1 aliphatic rings. The van der Waals surface area contributed by atoms with Crippen LogP contribution in [0.1, 0.15) is 38.5 Å². The Kier molecular flexibility index (Phi) is 6.30. The third kappa shape index (κ3) is 5.27. The fraction of sp³-hybridized carbons (Fsp3) is 0.917. The van der Waals surface area contributed by atoms with E-state index in [1.807, 2.05) is 0 Å². The molecule has 0 aromatic carbocycles. The minimum atomic E-state index is -0.534. The first-order chi connectivity index (χ1) is 8.07. The molecule has 4 nitrogen and oxygen atoms in total. The molecule has 100 valence electrons. The quantitative estimate of drug-likeness (QED) is 0.557. The number of esters is 1. The topological polar surface area (TPSA) is 72.5 Å². The van der Waals surface area contributed by atoms with Gasteiger partial charge < -0.3 is 15.6 Å². The van der Waals surface area contributed by atoms with Gasteiger partial charge in [0.05, 0.1) is 12.7 Å². The van der Waals surface area contributed by atoms with Crippen LogP contribution in [0.15, 0.2) is 0 Å². The van der Waals surface area contributed by atoms with Crippen molar-refractivity contribution < 1.29 is 14.6 Å². The SMILES string of the molecule is COC(=O)C(N)CCSCC1(O)CCCCC1. The average Bonchev–Trinajstić information content (AvgIpc) is 2.34. The summed E-state index contributed by atoms with van der Waals surface area (Å²) >= 11 is 1.68. The Balaban J connectivity index is 2.13. The number of hydrogen-bond acceptors (Lipinski definition) is 5. The number of aliphatic hydroxyl groups is 1. The molecule has 17 heavy (non-hydrogen) atoms. The highest BCUT2D eigenvalue weighted by Crippen LogP contribution is 2.31. The summed E-state index contributed by atoms with van der Waals surface area (Å²) in [6.07, 6.45) is 5.90. The maximum Gasteiger partial charge on any atom is 0.322 e. The van der Waals surface area contributed by atoms with Crippen molar-refractivity contribution >= 4 is 17.7 Å². The van der Waals surface area contributed by atoms with Gasteiger partial charge in [-0.15, -0.1) is 0 Å². The standard InChI is InChI=1S/C12H23NO3S/c1-16-11(14)10(13)5-8-17-9-12(15)6-3-2-4-7-12/h10,15H,2-9,13H2,1H3. The average molecular weight is 261 g/mol. The minimum absolute atomic E-state index is 0.359. The van der Waals surface area contributed by atoms with Gasteiger partial charge in [0.25, 0.3) is 0 Å². The van der Waals surface area contributed by atoms with E-state index in [0.29, 0.717) is 6.42 Å². The van der Waals surface area contributed by atoms with E-state index >= 15 is 0 Å². The lowest BCUT2D eigenvalue weighted by Gasteiger charge is -2.31. The molecule has 1 unspecified atom stereocenters. The first-order valence-corrected chi connectivity index (χ1v) is 7.36. The molecule has 1 aliphatic carbocycles.